The molecule has 0 unspecified atom stereocenters. The Balaban J connectivity index is 2.40. The molecule has 0 spiro atoms. The van der Waals surface area contributed by atoms with Crippen molar-refractivity contribution >= 4 is 23.0 Å². The van der Waals surface area contributed by atoms with Gasteiger partial charge in [-0.2, -0.15) is 0 Å². The average molecular weight is 341 g/mol. The number of unbranched alkanes of at least 4 members (excludes halogenated alkanes) is 1. The normalized spacial score (nSPS) is 10.3. The number of amides is 1. The highest BCUT2D eigenvalue weighted by molar-refractivity contribution is 6.10. The van der Waals surface area contributed by atoms with Crippen LogP contribution in [0.5, 0.6) is 0 Å². The quantitative estimate of drug-likeness (QED) is 0.436. The lowest BCUT2D eigenvalue weighted by molar-refractivity contribution is -0.384. The SMILES string of the molecule is CCCCNc1ccc([N+](=O)[O-])cc1C(=O)N(CC)c1ccccc1. The van der Waals surface area contributed by atoms with Crippen LogP contribution in [0.3, 0.4) is 0 Å². The molecule has 0 saturated carbocycles. The molecule has 132 valence electrons. The zero-order chi connectivity index (χ0) is 18.2. The van der Waals surface area contributed by atoms with Crippen LogP contribution in [0.1, 0.15) is 37.0 Å². The molecule has 0 aliphatic carbocycles. The molecule has 0 bridgehead atoms. The molecule has 0 aromatic heterocycles. The molecule has 0 atom stereocenters. The van der Waals surface area contributed by atoms with Crippen LogP contribution < -0.4 is 10.2 Å². The number of hydrogen-bond acceptors (Lipinski definition) is 4. The molecule has 6 nitrogen and oxygen atoms in total. The second-order valence-electron chi connectivity index (χ2n) is 5.65. The number of nitro groups is 1. The Bertz CT molecular complexity index is 732. The molecule has 6 heteroatoms. The molecule has 0 heterocycles. The van der Waals surface area contributed by atoms with Crippen molar-refractivity contribution in [2.75, 3.05) is 23.3 Å². The smallest absolute Gasteiger partial charge is 0.270 e. The third-order valence-corrected chi connectivity index (χ3v) is 3.92. The molecular formula is C19H23N3O3. The second-order valence-corrected chi connectivity index (χ2v) is 5.65. The van der Waals surface area contributed by atoms with E-state index in [2.05, 4.69) is 12.2 Å². The number of carbonyl (C=O) groups excluding carboxylic acids is 1. The van der Waals surface area contributed by atoms with Gasteiger partial charge in [0.1, 0.15) is 0 Å². The van der Waals surface area contributed by atoms with Crippen LogP contribution in [0.15, 0.2) is 48.5 Å². The molecule has 0 aliphatic rings. The fourth-order valence-corrected chi connectivity index (χ4v) is 2.57. The van der Waals surface area contributed by atoms with Crippen LogP contribution in [0.4, 0.5) is 17.1 Å². The third kappa shape index (κ3) is 4.56. The largest absolute Gasteiger partial charge is 0.384 e. The number of rotatable bonds is 8. The third-order valence-electron chi connectivity index (χ3n) is 3.92. The Labute approximate surface area is 147 Å². The summed E-state index contributed by atoms with van der Waals surface area (Å²) in [6.45, 7) is 5.15. The first kappa shape index (κ1) is 18.4. The van der Waals surface area contributed by atoms with Gasteiger partial charge in [0.05, 0.1) is 10.5 Å². The van der Waals surface area contributed by atoms with Gasteiger partial charge in [-0.3, -0.25) is 14.9 Å². The molecule has 2 aromatic carbocycles. The summed E-state index contributed by atoms with van der Waals surface area (Å²) in [5.41, 5.74) is 1.61. The number of carbonyl (C=O) groups is 1. The van der Waals surface area contributed by atoms with E-state index in [4.69, 9.17) is 0 Å². The van der Waals surface area contributed by atoms with Crippen LogP contribution in [-0.2, 0) is 0 Å². The molecule has 1 N–H and O–H groups in total. The molecule has 2 aromatic rings. The number of para-hydroxylation sites is 1. The number of nitro benzene ring substituents is 1. The Kier molecular flexibility index (Phi) is 6.51. The van der Waals surface area contributed by atoms with E-state index >= 15 is 0 Å². The average Bonchev–Trinajstić information content (AvgIpc) is 2.63. The number of nitrogens with one attached hydrogen (secondary N) is 1. The van der Waals surface area contributed by atoms with Gasteiger partial charge in [-0.1, -0.05) is 31.5 Å². The van der Waals surface area contributed by atoms with Crippen molar-refractivity contribution in [2.45, 2.75) is 26.7 Å². The predicted octanol–water partition coefficient (Wildman–Crippen LogP) is 4.47. The van der Waals surface area contributed by atoms with Crippen molar-refractivity contribution in [1.29, 1.82) is 0 Å². The monoisotopic (exact) mass is 341 g/mol. The van der Waals surface area contributed by atoms with E-state index < -0.39 is 4.92 Å². The van der Waals surface area contributed by atoms with Gasteiger partial charge in [-0.05, 0) is 31.5 Å². The first-order valence-electron chi connectivity index (χ1n) is 8.47. The number of anilines is 2. The summed E-state index contributed by atoms with van der Waals surface area (Å²) in [5, 5.41) is 14.3. The van der Waals surface area contributed by atoms with Crippen molar-refractivity contribution in [3.63, 3.8) is 0 Å². The highest BCUT2D eigenvalue weighted by atomic mass is 16.6. The Hall–Kier alpha value is -2.89. The van der Waals surface area contributed by atoms with E-state index in [1.54, 1.807) is 11.0 Å². The molecule has 25 heavy (non-hydrogen) atoms. The van der Waals surface area contributed by atoms with Gasteiger partial charge >= 0.3 is 0 Å². The molecule has 0 aliphatic heterocycles. The van der Waals surface area contributed by atoms with Gasteiger partial charge < -0.3 is 10.2 Å². The van der Waals surface area contributed by atoms with E-state index in [-0.39, 0.29) is 11.6 Å². The molecule has 1 amide bonds. The first-order chi connectivity index (χ1) is 12.1. The Morgan fingerprint density at radius 2 is 1.88 bits per heavy atom. The van der Waals surface area contributed by atoms with Gasteiger partial charge in [0, 0.05) is 36.6 Å². The topological polar surface area (TPSA) is 75.5 Å². The van der Waals surface area contributed by atoms with Crippen LogP contribution >= 0.6 is 0 Å². The van der Waals surface area contributed by atoms with Crippen LogP contribution in [0.2, 0.25) is 0 Å². The lowest BCUT2D eigenvalue weighted by Gasteiger charge is -2.22. The highest BCUT2D eigenvalue weighted by Crippen LogP contribution is 2.26. The van der Waals surface area contributed by atoms with Gasteiger partial charge in [-0.25, -0.2) is 0 Å². The van der Waals surface area contributed by atoms with Crippen LogP contribution in [-0.4, -0.2) is 23.9 Å². The van der Waals surface area contributed by atoms with E-state index in [1.165, 1.54) is 12.1 Å². The zero-order valence-corrected chi connectivity index (χ0v) is 14.6. The highest BCUT2D eigenvalue weighted by Gasteiger charge is 2.22. The van der Waals surface area contributed by atoms with E-state index in [0.717, 1.165) is 18.5 Å². The van der Waals surface area contributed by atoms with Crippen molar-refractivity contribution < 1.29 is 9.72 Å². The van der Waals surface area contributed by atoms with Crippen molar-refractivity contribution in [3.8, 4) is 0 Å². The molecule has 0 radical (unpaired) electrons. The van der Waals surface area contributed by atoms with Crippen LogP contribution in [0, 0.1) is 10.1 Å². The number of non-ortho nitro benzene ring substituents is 1. The van der Waals surface area contributed by atoms with Crippen LogP contribution in [0.25, 0.3) is 0 Å². The maximum atomic E-state index is 13.1. The summed E-state index contributed by atoms with van der Waals surface area (Å²) >= 11 is 0. The lowest BCUT2D eigenvalue weighted by atomic mass is 10.1. The maximum Gasteiger partial charge on any atom is 0.270 e. The van der Waals surface area contributed by atoms with E-state index in [0.29, 0.717) is 24.3 Å². The van der Waals surface area contributed by atoms with Gasteiger partial charge in [0.15, 0.2) is 0 Å². The summed E-state index contributed by atoms with van der Waals surface area (Å²) in [6.07, 6.45) is 1.98. The summed E-state index contributed by atoms with van der Waals surface area (Å²) in [5.74, 6) is -0.253. The Morgan fingerprint density at radius 1 is 1.16 bits per heavy atom. The fourth-order valence-electron chi connectivity index (χ4n) is 2.57. The molecule has 2 rings (SSSR count). The second kappa shape index (κ2) is 8.82. The molecular weight excluding hydrogens is 318 g/mol. The van der Waals surface area contributed by atoms with Crippen molar-refractivity contribution in [1.82, 2.24) is 0 Å². The minimum absolute atomic E-state index is 0.0893. The minimum Gasteiger partial charge on any atom is -0.384 e. The number of benzene rings is 2. The predicted molar refractivity (Wildman–Crippen MR) is 100 cm³/mol. The molecule has 0 saturated heterocycles. The zero-order valence-electron chi connectivity index (χ0n) is 14.6. The number of nitrogens with zero attached hydrogens (tertiary/aromatic N) is 2. The molecule has 0 fully saturated rings. The summed E-state index contributed by atoms with van der Waals surface area (Å²) in [6, 6.07) is 13.7. The van der Waals surface area contributed by atoms with Gasteiger partial charge in [-0.15, -0.1) is 0 Å². The van der Waals surface area contributed by atoms with Gasteiger partial charge in [0.2, 0.25) is 0 Å². The van der Waals surface area contributed by atoms with Crippen molar-refractivity contribution in [3.05, 3.63) is 64.2 Å². The summed E-state index contributed by atoms with van der Waals surface area (Å²) in [7, 11) is 0. The minimum atomic E-state index is -0.481. The van der Waals surface area contributed by atoms with E-state index in [1.807, 2.05) is 37.3 Å². The van der Waals surface area contributed by atoms with Crippen molar-refractivity contribution in [2.24, 2.45) is 0 Å². The fraction of sp³-hybridized carbons (Fsp3) is 0.316. The maximum absolute atomic E-state index is 13.1. The summed E-state index contributed by atoms with van der Waals surface area (Å²) < 4.78 is 0. The standard InChI is InChI=1S/C19H23N3O3/c1-3-5-13-20-18-12-11-16(22(24)25)14-17(18)19(23)21(4-2)15-9-7-6-8-10-15/h6-12,14,20H,3-5,13H2,1-2H3. The number of hydrogen-bond donors (Lipinski definition) is 1. The van der Waals surface area contributed by atoms with Gasteiger partial charge in [0.25, 0.3) is 11.6 Å². The lowest BCUT2D eigenvalue weighted by Crippen LogP contribution is -2.31. The Morgan fingerprint density at radius 3 is 2.48 bits per heavy atom. The van der Waals surface area contributed by atoms with E-state index in [9.17, 15) is 14.9 Å². The first-order valence-corrected chi connectivity index (χ1v) is 8.47. The summed E-state index contributed by atoms with van der Waals surface area (Å²) in [4.78, 5) is 25.3.